The highest BCUT2D eigenvalue weighted by atomic mass is 19.4. The Balaban J connectivity index is 3.03. The highest BCUT2D eigenvalue weighted by molar-refractivity contribution is 5.58. The van der Waals surface area contributed by atoms with Crippen molar-refractivity contribution in [2.24, 2.45) is 10.5 Å². The predicted octanol–water partition coefficient (Wildman–Crippen LogP) is 3.87. The van der Waals surface area contributed by atoms with Crippen molar-refractivity contribution in [3.05, 3.63) is 0 Å². The highest BCUT2D eigenvalue weighted by Gasteiger charge is 2.64. The van der Waals surface area contributed by atoms with Crippen molar-refractivity contribution in [2.45, 2.75) is 58.9 Å². The molecule has 20 heavy (non-hydrogen) atoms. The summed E-state index contributed by atoms with van der Waals surface area (Å²) >= 11 is 0. The van der Waals surface area contributed by atoms with Gasteiger partial charge < -0.3 is 0 Å². The number of nitrogens with zero attached hydrogens (tertiary/aromatic N) is 3. The van der Waals surface area contributed by atoms with Crippen LogP contribution >= 0.6 is 0 Å². The maximum Gasteiger partial charge on any atom is 0.475 e. The maximum absolute atomic E-state index is 13.6. The van der Waals surface area contributed by atoms with Crippen LogP contribution in [0, 0.1) is 5.41 Å². The number of hydrazone groups is 1. The zero-order valence-electron chi connectivity index (χ0n) is 12.0. The van der Waals surface area contributed by atoms with Crippen LogP contribution in [0.4, 0.5) is 22.0 Å². The van der Waals surface area contributed by atoms with Gasteiger partial charge in [0.15, 0.2) is 0 Å². The molecule has 1 aliphatic heterocycles. The lowest BCUT2D eigenvalue weighted by atomic mass is 9.90. The summed E-state index contributed by atoms with van der Waals surface area (Å²) in [5, 5.41) is 5.00. The summed E-state index contributed by atoms with van der Waals surface area (Å²) < 4.78 is 64.7. The fourth-order valence-corrected chi connectivity index (χ4v) is 2.01. The molecule has 0 saturated heterocycles. The van der Waals surface area contributed by atoms with E-state index in [0.717, 1.165) is 0 Å². The molecule has 1 atom stereocenters. The molecule has 0 radical (unpaired) electrons. The van der Waals surface area contributed by atoms with Gasteiger partial charge in [-0.25, -0.2) is 0 Å². The zero-order chi connectivity index (χ0) is 15.8. The Morgan fingerprint density at radius 3 is 2.05 bits per heavy atom. The van der Waals surface area contributed by atoms with E-state index in [-0.39, 0.29) is 11.3 Å². The van der Waals surface area contributed by atoms with Crippen LogP contribution < -0.4 is 0 Å². The van der Waals surface area contributed by atoms with Crippen molar-refractivity contribution in [1.82, 2.24) is 9.91 Å². The molecule has 118 valence electrons. The summed E-state index contributed by atoms with van der Waals surface area (Å²) in [6.07, 6.45) is -5.36. The first-order valence-electron chi connectivity index (χ1n) is 6.44. The topological polar surface area (TPSA) is 18.8 Å². The van der Waals surface area contributed by atoms with E-state index in [9.17, 15) is 22.0 Å². The third kappa shape index (κ3) is 3.52. The number of rotatable bonds is 4. The lowest BCUT2D eigenvalue weighted by Gasteiger charge is -2.38. The second-order valence-corrected chi connectivity index (χ2v) is 6.09. The summed E-state index contributed by atoms with van der Waals surface area (Å²) in [6, 6.07) is -4.92. The fourth-order valence-electron chi connectivity index (χ4n) is 2.01. The predicted molar refractivity (Wildman–Crippen MR) is 66.2 cm³/mol. The van der Waals surface area contributed by atoms with Crippen LogP contribution in [0.1, 0.15) is 40.5 Å². The first kappa shape index (κ1) is 17.0. The van der Waals surface area contributed by atoms with Gasteiger partial charge >= 0.3 is 12.2 Å². The van der Waals surface area contributed by atoms with Crippen LogP contribution in [0.25, 0.3) is 0 Å². The van der Waals surface area contributed by atoms with E-state index in [2.05, 4.69) is 5.10 Å². The highest BCUT2D eigenvalue weighted by Crippen LogP contribution is 2.42. The van der Waals surface area contributed by atoms with E-state index in [0.29, 0.717) is 19.3 Å². The molecule has 0 aliphatic carbocycles. The van der Waals surface area contributed by atoms with Gasteiger partial charge in [0, 0.05) is 6.54 Å². The van der Waals surface area contributed by atoms with Crippen LogP contribution in [0.3, 0.4) is 0 Å². The molecule has 1 heterocycles. The molecule has 0 fully saturated rings. The molecule has 0 aromatic heterocycles. The third-order valence-electron chi connectivity index (χ3n) is 2.90. The van der Waals surface area contributed by atoms with Crippen LogP contribution in [0.2, 0.25) is 0 Å². The second-order valence-electron chi connectivity index (χ2n) is 6.09. The summed E-state index contributed by atoms with van der Waals surface area (Å²) in [4.78, 5) is 0.0217. The molecule has 0 bridgehead atoms. The average Bonchev–Trinajstić information content (AvgIpc) is 2.58. The molecule has 1 aliphatic rings. The van der Waals surface area contributed by atoms with Gasteiger partial charge in [-0.05, 0) is 18.3 Å². The summed E-state index contributed by atoms with van der Waals surface area (Å²) in [7, 11) is 0. The molecule has 0 aromatic rings. The fraction of sp³-hybridized carbons (Fsp3) is 0.917. The summed E-state index contributed by atoms with van der Waals surface area (Å²) in [5.74, 6) is 0. The molecular weight excluding hydrogens is 281 g/mol. The first-order chi connectivity index (χ1) is 8.90. The number of halogens is 5. The maximum atomic E-state index is 13.6. The van der Waals surface area contributed by atoms with Crippen molar-refractivity contribution < 1.29 is 22.0 Å². The molecule has 3 nitrogen and oxygen atoms in total. The molecule has 0 aromatic carbocycles. The van der Waals surface area contributed by atoms with Crippen molar-refractivity contribution in [1.29, 1.82) is 0 Å². The molecule has 0 amide bonds. The van der Waals surface area contributed by atoms with E-state index in [4.69, 9.17) is 0 Å². The Labute approximate surface area is 115 Å². The van der Waals surface area contributed by atoms with Gasteiger partial charge in [0.25, 0.3) is 0 Å². The quantitative estimate of drug-likeness (QED) is 0.580. The Kier molecular flexibility index (Phi) is 4.55. The van der Waals surface area contributed by atoms with Crippen molar-refractivity contribution in [2.75, 3.05) is 6.54 Å². The van der Waals surface area contributed by atoms with Crippen molar-refractivity contribution >= 4 is 6.34 Å². The van der Waals surface area contributed by atoms with Crippen LogP contribution in [-0.2, 0) is 0 Å². The Morgan fingerprint density at radius 2 is 1.65 bits per heavy atom. The molecule has 8 heteroatoms. The number of alkyl halides is 5. The smallest absolute Gasteiger partial charge is 0.273 e. The van der Waals surface area contributed by atoms with Gasteiger partial charge in [-0.15, -0.1) is 0 Å². The van der Waals surface area contributed by atoms with Crippen LogP contribution in [-0.4, -0.2) is 41.2 Å². The molecular formula is C12H20F5N3. The van der Waals surface area contributed by atoms with Gasteiger partial charge in [0.05, 0.1) is 0 Å². The standard InChI is InChI=1S/C12H20F5N3/c1-5-6-20-9(7-10(2,3)4)19(8-18-20)12(16,17)11(13,14)15/h8-9H,5-7H2,1-4H3. The van der Waals surface area contributed by atoms with Crippen molar-refractivity contribution in [3.63, 3.8) is 0 Å². The van der Waals surface area contributed by atoms with Gasteiger partial charge in [-0.2, -0.15) is 27.1 Å². The number of hydrogen-bond donors (Lipinski definition) is 0. The average molecular weight is 301 g/mol. The number of hydrogen-bond acceptors (Lipinski definition) is 3. The van der Waals surface area contributed by atoms with E-state index in [1.54, 1.807) is 20.8 Å². The SMILES string of the molecule is CCCN1N=CN(C(F)(F)C(F)(F)F)C1CC(C)(C)C. The zero-order valence-corrected chi connectivity index (χ0v) is 12.0. The summed E-state index contributed by atoms with van der Waals surface area (Å²) in [6.45, 7) is 7.52. The third-order valence-corrected chi connectivity index (χ3v) is 2.90. The minimum atomic E-state index is -5.63. The lowest BCUT2D eigenvalue weighted by molar-refractivity contribution is -0.334. The first-order valence-corrected chi connectivity index (χ1v) is 6.44. The molecule has 1 unspecified atom stereocenters. The van der Waals surface area contributed by atoms with Gasteiger partial charge in [-0.3, -0.25) is 9.91 Å². The second kappa shape index (κ2) is 5.37. The van der Waals surface area contributed by atoms with Gasteiger partial charge in [-0.1, -0.05) is 27.7 Å². The monoisotopic (exact) mass is 301 g/mol. The largest absolute Gasteiger partial charge is 0.475 e. The summed E-state index contributed by atoms with van der Waals surface area (Å²) in [5.41, 5.74) is -0.399. The van der Waals surface area contributed by atoms with E-state index in [1.165, 1.54) is 5.01 Å². The normalized spacial score (nSPS) is 20.9. The minimum Gasteiger partial charge on any atom is -0.273 e. The Hall–Kier alpha value is -1.08. The van der Waals surface area contributed by atoms with Crippen molar-refractivity contribution in [3.8, 4) is 0 Å². The Bertz CT molecular complexity index is 359. The van der Waals surface area contributed by atoms with E-state index in [1.807, 2.05) is 6.92 Å². The molecule has 0 saturated carbocycles. The Morgan fingerprint density at radius 1 is 1.10 bits per heavy atom. The van der Waals surface area contributed by atoms with Gasteiger partial charge in [0.2, 0.25) is 0 Å². The van der Waals surface area contributed by atoms with E-state index < -0.39 is 23.8 Å². The van der Waals surface area contributed by atoms with E-state index >= 15 is 0 Å². The molecule has 0 spiro atoms. The van der Waals surface area contributed by atoms with Crippen LogP contribution in [0.5, 0.6) is 0 Å². The minimum absolute atomic E-state index is 0.0217. The molecule has 1 rings (SSSR count). The van der Waals surface area contributed by atoms with Gasteiger partial charge in [0.1, 0.15) is 12.5 Å². The van der Waals surface area contributed by atoms with Crippen LogP contribution in [0.15, 0.2) is 5.10 Å². The lowest BCUT2D eigenvalue weighted by Crippen LogP contribution is -2.57. The molecule has 0 N–H and O–H groups in total.